The highest BCUT2D eigenvalue weighted by molar-refractivity contribution is 6.20. The van der Waals surface area contributed by atoms with Crippen LogP contribution in [0.1, 0.15) is 44.9 Å². The van der Waals surface area contributed by atoms with E-state index in [1.165, 1.54) is 19.3 Å². The van der Waals surface area contributed by atoms with Gasteiger partial charge in [-0.15, -0.1) is 11.6 Å². The molecule has 1 saturated carbocycles. The molecule has 0 aromatic rings. The van der Waals surface area contributed by atoms with Crippen molar-refractivity contribution < 1.29 is 4.39 Å². The zero-order chi connectivity index (χ0) is 15.5. The SMILES string of the molecule is CNC1CC(C2CCCNC2C2CC(Cl)CCC2F)CCN1. The molecule has 3 N–H and O–H groups in total. The van der Waals surface area contributed by atoms with Gasteiger partial charge in [-0.05, 0) is 76.9 Å². The van der Waals surface area contributed by atoms with Gasteiger partial charge in [-0.1, -0.05) is 0 Å². The second-order valence-electron chi connectivity index (χ2n) is 7.46. The van der Waals surface area contributed by atoms with E-state index in [1.807, 2.05) is 7.05 Å². The Morgan fingerprint density at radius 1 is 1.00 bits per heavy atom. The van der Waals surface area contributed by atoms with Crippen LogP contribution < -0.4 is 16.0 Å². The minimum Gasteiger partial charge on any atom is -0.313 e. The van der Waals surface area contributed by atoms with Gasteiger partial charge < -0.3 is 16.0 Å². The molecule has 0 amide bonds. The van der Waals surface area contributed by atoms with Gasteiger partial charge in [0, 0.05) is 17.3 Å². The molecule has 0 bridgehead atoms. The van der Waals surface area contributed by atoms with Gasteiger partial charge in [0.2, 0.25) is 0 Å². The third-order valence-corrected chi connectivity index (χ3v) is 6.56. The number of alkyl halides is 2. The number of rotatable bonds is 3. The van der Waals surface area contributed by atoms with Crippen LogP contribution in [0.2, 0.25) is 0 Å². The predicted octanol–water partition coefficient (Wildman–Crippen LogP) is 2.65. The molecule has 3 aliphatic rings. The highest BCUT2D eigenvalue weighted by atomic mass is 35.5. The Morgan fingerprint density at radius 3 is 2.68 bits per heavy atom. The fourth-order valence-corrected chi connectivity index (χ4v) is 5.31. The van der Waals surface area contributed by atoms with Crippen LogP contribution in [0.25, 0.3) is 0 Å². The summed E-state index contributed by atoms with van der Waals surface area (Å²) in [5.41, 5.74) is 0. The summed E-state index contributed by atoms with van der Waals surface area (Å²) in [5, 5.41) is 10.7. The quantitative estimate of drug-likeness (QED) is 0.696. The van der Waals surface area contributed by atoms with E-state index in [4.69, 9.17) is 11.6 Å². The van der Waals surface area contributed by atoms with Crippen LogP contribution in [-0.2, 0) is 0 Å². The van der Waals surface area contributed by atoms with Crippen molar-refractivity contribution in [2.24, 2.45) is 17.8 Å². The molecular formula is C17H31ClFN3. The zero-order valence-electron chi connectivity index (χ0n) is 13.7. The molecule has 7 unspecified atom stereocenters. The summed E-state index contributed by atoms with van der Waals surface area (Å²) in [6.07, 6.45) is 6.92. The Morgan fingerprint density at radius 2 is 1.86 bits per heavy atom. The van der Waals surface area contributed by atoms with Crippen molar-refractivity contribution in [2.45, 2.75) is 68.7 Å². The van der Waals surface area contributed by atoms with Gasteiger partial charge in [0.1, 0.15) is 6.17 Å². The van der Waals surface area contributed by atoms with Gasteiger partial charge in [-0.25, -0.2) is 4.39 Å². The first kappa shape index (κ1) is 16.9. The minimum absolute atomic E-state index is 0.115. The third kappa shape index (κ3) is 3.77. The van der Waals surface area contributed by atoms with E-state index >= 15 is 0 Å². The van der Waals surface area contributed by atoms with Crippen LogP contribution in [0.4, 0.5) is 4.39 Å². The molecule has 3 rings (SSSR count). The van der Waals surface area contributed by atoms with Gasteiger partial charge in [-0.2, -0.15) is 0 Å². The van der Waals surface area contributed by atoms with Crippen LogP contribution in [0.3, 0.4) is 0 Å². The maximum absolute atomic E-state index is 14.6. The first-order valence-electron chi connectivity index (χ1n) is 9.11. The molecule has 7 atom stereocenters. The van der Waals surface area contributed by atoms with Gasteiger partial charge in [-0.3, -0.25) is 0 Å². The average molecular weight is 332 g/mol. The highest BCUT2D eigenvalue weighted by Crippen LogP contribution is 2.41. The molecular weight excluding hydrogens is 301 g/mol. The van der Waals surface area contributed by atoms with Crippen molar-refractivity contribution >= 4 is 11.6 Å². The van der Waals surface area contributed by atoms with Crippen molar-refractivity contribution in [1.82, 2.24) is 16.0 Å². The zero-order valence-corrected chi connectivity index (χ0v) is 14.4. The van der Waals surface area contributed by atoms with Crippen molar-refractivity contribution in [3.05, 3.63) is 0 Å². The second kappa shape index (κ2) is 7.78. The Bertz CT molecular complexity index is 357. The summed E-state index contributed by atoms with van der Waals surface area (Å²) < 4.78 is 14.6. The molecule has 2 saturated heterocycles. The van der Waals surface area contributed by atoms with E-state index in [1.54, 1.807) is 0 Å². The standard InChI is InChI=1S/C17H31ClFN3/c1-20-16-9-11(6-8-21-16)13-3-2-7-22-17(13)14-10-12(18)4-5-15(14)19/h11-17,20-22H,2-10H2,1H3. The average Bonchev–Trinajstić information content (AvgIpc) is 2.57. The van der Waals surface area contributed by atoms with Gasteiger partial charge >= 0.3 is 0 Å². The molecule has 128 valence electrons. The highest BCUT2D eigenvalue weighted by Gasteiger charge is 2.43. The molecule has 1 aliphatic carbocycles. The number of hydrogen-bond donors (Lipinski definition) is 3. The first-order valence-corrected chi connectivity index (χ1v) is 9.55. The van der Waals surface area contributed by atoms with Crippen LogP contribution in [0, 0.1) is 17.8 Å². The summed E-state index contributed by atoms with van der Waals surface area (Å²) in [7, 11) is 2.02. The van der Waals surface area contributed by atoms with Crippen LogP contribution >= 0.6 is 11.6 Å². The molecule has 3 nitrogen and oxygen atoms in total. The normalized spacial score (nSPS) is 47.3. The molecule has 3 fully saturated rings. The topological polar surface area (TPSA) is 36.1 Å². The fourth-order valence-electron chi connectivity index (χ4n) is 4.98. The number of halogens is 2. The van der Waals surface area contributed by atoms with E-state index in [2.05, 4.69) is 16.0 Å². The molecule has 22 heavy (non-hydrogen) atoms. The van der Waals surface area contributed by atoms with Crippen LogP contribution in [0.5, 0.6) is 0 Å². The van der Waals surface area contributed by atoms with E-state index in [-0.39, 0.29) is 11.3 Å². The molecule has 5 heteroatoms. The van der Waals surface area contributed by atoms with E-state index in [9.17, 15) is 4.39 Å². The lowest BCUT2D eigenvalue weighted by Gasteiger charge is -2.46. The van der Waals surface area contributed by atoms with E-state index in [0.717, 1.165) is 32.4 Å². The van der Waals surface area contributed by atoms with Crippen molar-refractivity contribution in [3.8, 4) is 0 Å². The summed E-state index contributed by atoms with van der Waals surface area (Å²) in [5.74, 6) is 1.42. The summed E-state index contributed by atoms with van der Waals surface area (Å²) in [6, 6.07) is 0.325. The van der Waals surface area contributed by atoms with Gasteiger partial charge in [0.25, 0.3) is 0 Å². The Kier molecular flexibility index (Phi) is 5.99. The van der Waals surface area contributed by atoms with Crippen LogP contribution in [0.15, 0.2) is 0 Å². The summed E-state index contributed by atoms with van der Waals surface area (Å²) >= 11 is 6.36. The van der Waals surface area contributed by atoms with Gasteiger partial charge in [0.05, 0.1) is 6.17 Å². The molecule has 0 radical (unpaired) electrons. The van der Waals surface area contributed by atoms with Crippen molar-refractivity contribution in [1.29, 1.82) is 0 Å². The molecule has 2 heterocycles. The Labute approximate surface area is 139 Å². The molecule has 0 aromatic carbocycles. The molecule has 0 aromatic heterocycles. The van der Waals surface area contributed by atoms with E-state index in [0.29, 0.717) is 30.5 Å². The lowest BCUT2D eigenvalue weighted by atomic mass is 9.68. The first-order chi connectivity index (χ1) is 10.7. The Balaban J connectivity index is 1.70. The largest absolute Gasteiger partial charge is 0.313 e. The molecule has 0 spiro atoms. The van der Waals surface area contributed by atoms with E-state index < -0.39 is 6.17 Å². The van der Waals surface area contributed by atoms with Crippen molar-refractivity contribution in [2.75, 3.05) is 20.1 Å². The smallest absolute Gasteiger partial charge is 0.105 e. The number of hydrogen-bond acceptors (Lipinski definition) is 3. The summed E-state index contributed by atoms with van der Waals surface area (Å²) in [4.78, 5) is 0. The monoisotopic (exact) mass is 331 g/mol. The maximum Gasteiger partial charge on any atom is 0.105 e. The third-order valence-electron chi connectivity index (χ3n) is 6.16. The second-order valence-corrected chi connectivity index (χ2v) is 8.07. The number of nitrogens with one attached hydrogen (secondary N) is 3. The maximum atomic E-state index is 14.6. The number of piperidine rings is 2. The summed E-state index contributed by atoms with van der Waals surface area (Å²) in [6.45, 7) is 2.11. The van der Waals surface area contributed by atoms with Gasteiger partial charge in [0.15, 0.2) is 0 Å². The Hall–Kier alpha value is 0.1000. The fraction of sp³-hybridized carbons (Fsp3) is 1.00. The molecule has 2 aliphatic heterocycles. The lowest BCUT2D eigenvalue weighted by Crippen LogP contribution is -2.55. The van der Waals surface area contributed by atoms with Crippen LogP contribution in [-0.4, -0.2) is 43.9 Å². The van der Waals surface area contributed by atoms with Crippen molar-refractivity contribution in [3.63, 3.8) is 0 Å². The predicted molar refractivity (Wildman–Crippen MR) is 90.0 cm³/mol. The lowest BCUT2D eigenvalue weighted by molar-refractivity contribution is 0.0525. The minimum atomic E-state index is -0.671.